The van der Waals surface area contributed by atoms with Gasteiger partial charge in [-0.2, -0.15) is 5.26 Å². The molecule has 0 unspecified atom stereocenters. The number of nitriles is 1. The molecule has 5 aromatic rings. The molecule has 1 atom stereocenters. The summed E-state index contributed by atoms with van der Waals surface area (Å²) in [4.78, 5) is 53.3. The second-order valence-corrected chi connectivity index (χ2v) is 17.8. The first-order valence-electron chi connectivity index (χ1n) is 18.2. The van der Waals surface area contributed by atoms with Crippen LogP contribution >= 0.6 is 23.2 Å². The summed E-state index contributed by atoms with van der Waals surface area (Å²) in [5, 5.41) is 16.1. The lowest BCUT2D eigenvalue weighted by Gasteiger charge is -2.27. The Balaban J connectivity index is 1.02. The average molecular weight is 824 g/mol. The van der Waals surface area contributed by atoms with Gasteiger partial charge in [-0.25, -0.2) is 23.0 Å². The summed E-state index contributed by atoms with van der Waals surface area (Å²) >= 11 is 12.7. The second-order valence-electron chi connectivity index (χ2n) is 15.1. The largest absolute Gasteiger partial charge is 0.343 e. The van der Waals surface area contributed by atoms with Crippen LogP contribution in [0, 0.1) is 11.3 Å². The molecule has 16 heteroatoms. The van der Waals surface area contributed by atoms with E-state index < -0.39 is 32.5 Å². The fraction of sp³-hybridized carbons (Fsp3) is 0.268. The maximum atomic E-state index is 14.5. The summed E-state index contributed by atoms with van der Waals surface area (Å²) in [6, 6.07) is 25.0. The molecule has 2 aromatic heterocycles. The van der Waals surface area contributed by atoms with Gasteiger partial charge in [-0.15, -0.1) is 0 Å². The number of carbonyl (C=O) groups is 3. The van der Waals surface area contributed by atoms with Crippen LogP contribution in [0.25, 0.3) is 11.1 Å². The first kappa shape index (κ1) is 38.3. The fourth-order valence-electron chi connectivity index (χ4n) is 7.37. The number of fused-ring (bicyclic) bond motifs is 1. The number of hydrogen-bond donors (Lipinski definition) is 3. The van der Waals surface area contributed by atoms with Crippen molar-refractivity contribution in [2.75, 3.05) is 11.2 Å². The van der Waals surface area contributed by atoms with Crippen LogP contribution in [0.3, 0.4) is 0 Å². The average Bonchev–Trinajstić information content (AvgIpc) is 4.08. The first-order valence-corrected chi connectivity index (χ1v) is 20.8. The number of halogens is 2. The molecular weight excluding hydrogens is 787 g/mol. The zero-order chi connectivity index (χ0) is 40.3. The standard InChI is InChI=1S/C41H36Cl2N8O5S/c1-39(20-25-6-8-26(21-44)9-7-25)37(54)50(32-18-30(42)17-31(43)19-32)38-46-24-33(51(38)39)35(52)48-41(14-15-41)36(53)49-40(12-13-40)34-11-10-29(23-45-34)28-5-3-4-27(16-28)22-47-57(2,55)56/h3-11,16-19,23-24,47H,12-15,20,22H2,1-2H3,(H,48,52)(H,49,53)/t39-/m1/s1. The third-order valence-electron chi connectivity index (χ3n) is 10.8. The van der Waals surface area contributed by atoms with Gasteiger partial charge in [-0.05, 0) is 91.8 Å². The van der Waals surface area contributed by atoms with Gasteiger partial charge in [-0.1, -0.05) is 59.6 Å². The van der Waals surface area contributed by atoms with Crippen molar-refractivity contribution in [3.05, 3.63) is 129 Å². The molecule has 57 heavy (non-hydrogen) atoms. The molecule has 3 amide bonds. The molecule has 3 aliphatic rings. The topological polar surface area (TPSA) is 179 Å². The minimum absolute atomic E-state index is 0.0961. The number of carbonyl (C=O) groups excluding carboxylic acids is 3. The lowest BCUT2D eigenvalue weighted by Crippen LogP contribution is -2.52. The highest BCUT2D eigenvalue weighted by Gasteiger charge is 2.57. The van der Waals surface area contributed by atoms with E-state index in [1.54, 1.807) is 60.2 Å². The van der Waals surface area contributed by atoms with E-state index in [1.165, 1.54) is 11.1 Å². The summed E-state index contributed by atoms with van der Waals surface area (Å²) in [6.45, 7) is 1.89. The first-order chi connectivity index (χ1) is 27.1. The van der Waals surface area contributed by atoms with E-state index in [9.17, 15) is 28.1 Å². The van der Waals surface area contributed by atoms with Gasteiger partial charge in [0.1, 0.15) is 16.8 Å². The molecule has 13 nitrogen and oxygen atoms in total. The molecule has 290 valence electrons. The van der Waals surface area contributed by atoms with Crippen LogP contribution in [0.1, 0.15) is 65.5 Å². The number of hydrogen-bond acceptors (Lipinski definition) is 8. The Morgan fingerprint density at radius 3 is 2.21 bits per heavy atom. The van der Waals surface area contributed by atoms with Crippen LogP contribution in [0.2, 0.25) is 10.0 Å². The lowest BCUT2D eigenvalue weighted by atomic mass is 9.91. The minimum atomic E-state index is -3.34. The van der Waals surface area contributed by atoms with Crippen molar-refractivity contribution >= 4 is 62.6 Å². The summed E-state index contributed by atoms with van der Waals surface area (Å²) < 4.78 is 27.2. The number of imidazole rings is 1. The molecule has 3 heterocycles. The third kappa shape index (κ3) is 7.39. The monoisotopic (exact) mass is 822 g/mol. The highest BCUT2D eigenvalue weighted by molar-refractivity contribution is 7.88. The Kier molecular flexibility index (Phi) is 9.48. The summed E-state index contributed by atoms with van der Waals surface area (Å²) in [5.41, 5.74) is 1.72. The molecule has 0 spiro atoms. The van der Waals surface area contributed by atoms with Gasteiger partial charge in [0.05, 0.1) is 41.0 Å². The van der Waals surface area contributed by atoms with Gasteiger partial charge < -0.3 is 10.6 Å². The van der Waals surface area contributed by atoms with E-state index in [1.807, 2.05) is 36.4 Å². The number of pyridine rings is 1. The van der Waals surface area contributed by atoms with Crippen LogP contribution in [0.15, 0.2) is 91.3 Å². The van der Waals surface area contributed by atoms with Gasteiger partial charge in [0, 0.05) is 34.8 Å². The van der Waals surface area contributed by atoms with Crippen LogP contribution in [0.5, 0.6) is 0 Å². The van der Waals surface area contributed by atoms with Crippen molar-refractivity contribution in [1.82, 2.24) is 29.9 Å². The Hall–Kier alpha value is -5.59. The van der Waals surface area contributed by atoms with Gasteiger partial charge in [0.2, 0.25) is 21.9 Å². The highest BCUT2D eigenvalue weighted by atomic mass is 35.5. The maximum Gasteiger partial charge on any atom is 0.270 e. The third-order valence-corrected chi connectivity index (χ3v) is 11.9. The van der Waals surface area contributed by atoms with Crippen LogP contribution in [0.4, 0.5) is 11.6 Å². The number of rotatable bonds is 12. The SMILES string of the molecule is C[C@@]1(Cc2ccc(C#N)cc2)C(=O)N(c2cc(Cl)cc(Cl)c2)c2ncc(C(=O)NC3(C(=O)NC4(c5ccc(-c6cccc(CNS(C)(=O)=O)c6)cn5)CC4)CC3)n21. The summed E-state index contributed by atoms with van der Waals surface area (Å²) in [7, 11) is -3.34. The molecule has 2 saturated carbocycles. The molecule has 0 radical (unpaired) electrons. The summed E-state index contributed by atoms with van der Waals surface area (Å²) in [5.74, 6) is -1.06. The van der Waals surface area contributed by atoms with Crippen LogP contribution < -0.4 is 20.3 Å². The second kappa shape index (κ2) is 14.1. The number of nitrogens with zero attached hydrogens (tertiary/aromatic N) is 5. The number of sulfonamides is 1. The van der Waals surface area contributed by atoms with Crippen molar-refractivity contribution in [3.63, 3.8) is 0 Å². The Bertz CT molecular complexity index is 2600. The van der Waals surface area contributed by atoms with Crippen molar-refractivity contribution in [2.24, 2.45) is 0 Å². The van der Waals surface area contributed by atoms with Gasteiger partial charge >= 0.3 is 0 Å². The number of aromatic nitrogens is 3. The van der Waals surface area contributed by atoms with Crippen molar-refractivity contribution in [1.29, 1.82) is 5.26 Å². The smallest absolute Gasteiger partial charge is 0.270 e. The number of benzene rings is 3. The molecule has 2 aliphatic carbocycles. The zero-order valence-corrected chi connectivity index (χ0v) is 33.2. The zero-order valence-electron chi connectivity index (χ0n) is 30.8. The van der Waals surface area contributed by atoms with E-state index in [0.717, 1.165) is 28.5 Å². The molecule has 3 N–H and O–H groups in total. The Labute approximate surface area is 339 Å². The van der Waals surface area contributed by atoms with E-state index in [0.29, 0.717) is 52.7 Å². The highest BCUT2D eigenvalue weighted by Crippen LogP contribution is 2.48. The molecule has 3 aromatic carbocycles. The lowest BCUT2D eigenvalue weighted by molar-refractivity contribution is -0.125. The van der Waals surface area contributed by atoms with Crippen LogP contribution in [-0.4, -0.2) is 52.5 Å². The molecule has 1 aliphatic heterocycles. The molecule has 0 saturated heterocycles. The maximum absolute atomic E-state index is 14.5. The Morgan fingerprint density at radius 1 is 0.877 bits per heavy atom. The summed E-state index contributed by atoms with van der Waals surface area (Å²) in [6.07, 6.45) is 6.61. The van der Waals surface area contributed by atoms with Gasteiger partial charge in [0.25, 0.3) is 11.8 Å². The number of nitrogens with one attached hydrogen (secondary N) is 3. The van der Waals surface area contributed by atoms with E-state index in [-0.39, 0.29) is 36.4 Å². The molecule has 8 rings (SSSR count). The predicted molar refractivity (Wildman–Crippen MR) is 214 cm³/mol. The van der Waals surface area contributed by atoms with E-state index >= 15 is 0 Å². The van der Waals surface area contributed by atoms with Gasteiger partial charge in [0.15, 0.2) is 0 Å². The quantitative estimate of drug-likeness (QED) is 0.140. The fourth-order valence-corrected chi connectivity index (χ4v) is 8.31. The number of amides is 3. The Morgan fingerprint density at radius 2 is 1.60 bits per heavy atom. The molecule has 0 bridgehead atoms. The normalized spacial score (nSPS) is 18.7. The van der Waals surface area contributed by atoms with Crippen molar-refractivity contribution in [2.45, 2.75) is 62.2 Å². The minimum Gasteiger partial charge on any atom is -0.343 e. The van der Waals surface area contributed by atoms with Gasteiger partial charge in [-0.3, -0.25) is 23.9 Å². The van der Waals surface area contributed by atoms with Crippen molar-refractivity contribution < 1.29 is 22.8 Å². The number of anilines is 2. The predicted octanol–water partition coefficient (Wildman–Crippen LogP) is 5.88. The van der Waals surface area contributed by atoms with Crippen LogP contribution in [-0.2, 0) is 43.7 Å². The molecular formula is C41H36Cl2N8O5S. The van der Waals surface area contributed by atoms with E-state index in [2.05, 4.69) is 26.4 Å². The molecule has 2 fully saturated rings. The van der Waals surface area contributed by atoms with E-state index in [4.69, 9.17) is 28.2 Å². The van der Waals surface area contributed by atoms with Crippen molar-refractivity contribution in [3.8, 4) is 17.2 Å².